The second-order valence-corrected chi connectivity index (χ2v) is 6.19. The van der Waals surface area contributed by atoms with E-state index in [1.807, 2.05) is 48.7 Å². The zero-order valence-electron chi connectivity index (χ0n) is 13.6. The van der Waals surface area contributed by atoms with Crippen LogP contribution in [0.25, 0.3) is 6.08 Å². The van der Waals surface area contributed by atoms with E-state index in [9.17, 15) is 10.1 Å². The zero-order valence-corrected chi connectivity index (χ0v) is 14.4. The van der Waals surface area contributed by atoms with E-state index in [2.05, 4.69) is 5.32 Å². The largest absolute Gasteiger partial charge is 0.454 e. The molecule has 1 heterocycles. The Bertz CT molecular complexity index is 854. The first-order valence-corrected chi connectivity index (χ1v) is 8.84. The van der Waals surface area contributed by atoms with Crippen molar-refractivity contribution in [3.05, 3.63) is 59.2 Å². The van der Waals surface area contributed by atoms with Crippen LogP contribution < -0.4 is 14.8 Å². The van der Waals surface area contributed by atoms with E-state index in [0.717, 1.165) is 16.0 Å². The third kappa shape index (κ3) is 4.14. The summed E-state index contributed by atoms with van der Waals surface area (Å²) in [6.07, 6.45) is 3.58. The highest BCUT2D eigenvalue weighted by atomic mass is 32.2. The first kappa shape index (κ1) is 16.9. The van der Waals surface area contributed by atoms with Gasteiger partial charge in [0.25, 0.3) is 5.91 Å². The number of thioether (sulfide) groups is 1. The molecule has 2 aromatic rings. The molecule has 1 aliphatic heterocycles. The van der Waals surface area contributed by atoms with Crippen LogP contribution in [0, 0.1) is 11.3 Å². The van der Waals surface area contributed by atoms with Gasteiger partial charge in [0, 0.05) is 11.4 Å². The smallest absolute Gasteiger partial charge is 0.262 e. The minimum Gasteiger partial charge on any atom is -0.454 e. The van der Waals surface area contributed by atoms with Gasteiger partial charge in [0.2, 0.25) is 6.79 Å². The van der Waals surface area contributed by atoms with Gasteiger partial charge >= 0.3 is 0 Å². The van der Waals surface area contributed by atoms with Crippen LogP contribution in [0.15, 0.2) is 52.9 Å². The first-order valence-electron chi connectivity index (χ1n) is 7.62. The van der Waals surface area contributed by atoms with Crippen molar-refractivity contribution >= 4 is 23.7 Å². The molecule has 0 unspecified atom stereocenters. The molecule has 0 fully saturated rings. The highest BCUT2D eigenvalue weighted by Crippen LogP contribution is 2.32. The first-order chi connectivity index (χ1) is 12.2. The minimum atomic E-state index is -0.408. The fourth-order valence-corrected chi connectivity index (χ4v) is 2.75. The number of fused-ring (bicyclic) bond motifs is 1. The molecule has 3 rings (SSSR count). The molecule has 1 N–H and O–H groups in total. The molecule has 126 valence electrons. The van der Waals surface area contributed by atoms with E-state index in [0.29, 0.717) is 18.0 Å². The van der Waals surface area contributed by atoms with E-state index < -0.39 is 5.91 Å². The molecular weight excluding hydrogens is 336 g/mol. The molecule has 0 spiro atoms. The van der Waals surface area contributed by atoms with Crippen LogP contribution in [0.1, 0.15) is 11.1 Å². The number of carbonyl (C=O) groups is 1. The third-order valence-corrected chi connectivity index (χ3v) is 4.43. The predicted molar refractivity (Wildman–Crippen MR) is 96.2 cm³/mol. The number of benzene rings is 2. The molecule has 0 atom stereocenters. The molecule has 1 amide bonds. The Morgan fingerprint density at radius 1 is 1.24 bits per heavy atom. The number of carbonyl (C=O) groups excluding carboxylic acids is 1. The number of hydrogen-bond acceptors (Lipinski definition) is 5. The molecule has 5 nitrogen and oxygen atoms in total. The fraction of sp³-hybridized carbons (Fsp3) is 0.158. The number of hydrogen-bond donors (Lipinski definition) is 1. The van der Waals surface area contributed by atoms with Gasteiger partial charge in [-0.25, -0.2) is 0 Å². The predicted octanol–water partition coefficient (Wildman–Crippen LogP) is 3.36. The Labute approximate surface area is 150 Å². The molecule has 0 aliphatic carbocycles. The Morgan fingerprint density at radius 3 is 2.72 bits per heavy atom. The lowest BCUT2D eigenvalue weighted by molar-refractivity contribution is -0.117. The second-order valence-electron chi connectivity index (χ2n) is 5.31. The monoisotopic (exact) mass is 352 g/mol. The van der Waals surface area contributed by atoms with Crippen molar-refractivity contribution in [3.8, 4) is 17.6 Å². The van der Waals surface area contributed by atoms with Crippen LogP contribution in [0.5, 0.6) is 11.5 Å². The van der Waals surface area contributed by atoms with Crippen LogP contribution in [0.3, 0.4) is 0 Å². The Kier molecular flexibility index (Phi) is 5.26. The molecule has 0 aromatic heterocycles. The second kappa shape index (κ2) is 7.77. The van der Waals surface area contributed by atoms with Crippen molar-refractivity contribution in [2.75, 3.05) is 13.0 Å². The number of amides is 1. The molecule has 1 aliphatic rings. The lowest BCUT2D eigenvalue weighted by atomic mass is 10.1. The van der Waals surface area contributed by atoms with E-state index in [-0.39, 0.29) is 12.4 Å². The van der Waals surface area contributed by atoms with Gasteiger partial charge in [0.1, 0.15) is 11.6 Å². The van der Waals surface area contributed by atoms with Gasteiger partial charge in [0.15, 0.2) is 11.5 Å². The summed E-state index contributed by atoms with van der Waals surface area (Å²) in [6, 6.07) is 15.1. The number of nitrogens with zero attached hydrogens (tertiary/aromatic N) is 1. The normalized spacial score (nSPS) is 12.6. The maximum Gasteiger partial charge on any atom is 0.262 e. The molecule has 0 bridgehead atoms. The summed E-state index contributed by atoms with van der Waals surface area (Å²) in [5.74, 6) is 0.951. The summed E-state index contributed by atoms with van der Waals surface area (Å²) in [4.78, 5) is 13.4. The van der Waals surface area contributed by atoms with Gasteiger partial charge < -0.3 is 14.8 Å². The summed E-state index contributed by atoms with van der Waals surface area (Å²) >= 11 is 1.64. The van der Waals surface area contributed by atoms with Crippen molar-refractivity contribution in [3.63, 3.8) is 0 Å². The van der Waals surface area contributed by atoms with Gasteiger partial charge in [-0.2, -0.15) is 5.26 Å². The number of ether oxygens (including phenoxy) is 2. The number of nitrogens with one attached hydrogen (secondary N) is 1. The number of nitriles is 1. The standard InChI is InChI=1S/C19H16N2O3S/c1-25-16-5-2-13(3-6-16)8-15(10-20)19(22)21-11-14-4-7-17-18(9-14)24-12-23-17/h2-9H,11-12H2,1H3,(H,21,22)/b15-8+. The Morgan fingerprint density at radius 2 is 2.00 bits per heavy atom. The Balaban J connectivity index is 1.66. The van der Waals surface area contributed by atoms with Crippen LogP contribution in [-0.2, 0) is 11.3 Å². The highest BCUT2D eigenvalue weighted by molar-refractivity contribution is 7.98. The van der Waals surface area contributed by atoms with Gasteiger partial charge in [-0.1, -0.05) is 18.2 Å². The average Bonchev–Trinajstić information content (AvgIpc) is 3.12. The molecule has 2 aromatic carbocycles. The number of rotatable bonds is 5. The van der Waals surface area contributed by atoms with Gasteiger partial charge in [-0.3, -0.25) is 4.79 Å². The summed E-state index contributed by atoms with van der Waals surface area (Å²) in [7, 11) is 0. The SMILES string of the molecule is CSc1ccc(/C=C(\C#N)C(=O)NCc2ccc3c(c2)OCO3)cc1. The van der Waals surface area contributed by atoms with Crippen molar-refractivity contribution in [1.82, 2.24) is 5.32 Å². The molecule has 0 saturated heterocycles. The van der Waals surface area contributed by atoms with E-state index in [1.165, 1.54) is 0 Å². The van der Waals surface area contributed by atoms with Crippen molar-refractivity contribution in [2.24, 2.45) is 0 Å². The molecule has 0 saturated carbocycles. The molecule has 25 heavy (non-hydrogen) atoms. The van der Waals surface area contributed by atoms with Gasteiger partial charge in [0.05, 0.1) is 0 Å². The van der Waals surface area contributed by atoms with Crippen LogP contribution in [0.4, 0.5) is 0 Å². The fourth-order valence-electron chi connectivity index (χ4n) is 2.34. The summed E-state index contributed by atoms with van der Waals surface area (Å²) in [5, 5.41) is 12.0. The van der Waals surface area contributed by atoms with Crippen LogP contribution in [-0.4, -0.2) is 19.0 Å². The zero-order chi connectivity index (χ0) is 17.6. The average molecular weight is 352 g/mol. The molecular formula is C19H16N2O3S. The maximum atomic E-state index is 12.2. The van der Waals surface area contributed by atoms with Crippen LogP contribution in [0.2, 0.25) is 0 Å². The Hall–Kier alpha value is -2.91. The van der Waals surface area contributed by atoms with E-state index in [1.54, 1.807) is 23.9 Å². The summed E-state index contributed by atoms with van der Waals surface area (Å²) in [5.41, 5.74) is 1.75. The molecule has 6 heteroatoms. The van der Waals surface area contributed by atoms with Gasteiger partial charge in [-0.15, -0.1) is 11.8 Å². The lowest BCUT2D eigenvalue weighted by Crippen LogP contribution is -2.23. The van der Waals surface area contributed by atoms with Gasteiger partial charge in [-0.05, 0) is 47.7 Å². The summed E-state index contributed by atoms with van der Waals surface area (Å²) < 4.78 is 10.6. The van der Waals surface area contributed by atoms with E-state index >= 15 is 0 Å². The summed E-state index contributed by atoms with van der Waals surface area (Å²) in [6.45, 7) is 0.516. The van der Waals surface area contributed by atoms with Crippen LogP contribution >= 0.6 is 11.8 Å². The molecule has 0 radical (unpaired) electrons. The third-order valence-electron chi connectivity index (χ3n) is 3.68. The van der Waals surface area contributed by atoms with Crippen molar-refractivity contribution in [2.45, 2.75) is 11.4 Å². The maximum absolute atomic E-state index is 12.2. The minimum absolute atomic E-state index is 0.0673. The lowest BCUT2D eigenvalue weighted by Gasteiger charge is -2.06. The highest BCUT2D eigenvalue weighted by Gasteiger charge is 2.14. The van der Waals surface area contributed by atoms with Crippen molar-refractivity contribution < 1.29 is 14.3 Å². The topological polar surface area (TPSA) is 71.4 Å². The quantitative estimate of drug-likeness (QED) is 0.507. The van der Waals surface area contributed by atoms with Crippen molar-refractivity contribution in [1.29, 1.82) is 5.26 Å². The van der Waals surface area contributed by atoms with E-state index in [4.69, 9.17) is 9.47 Å².